The Morgan fingerprint density at radius 3 is 2.21 bits per heavy atom. The number of hydrogen-bond donors (Lipinski definition) is 10. The van der Waals surface area contributed by atoms with Crippen LogP contribution in [0.3, 0.4) is 0 Å². The number of rotatable bonds is 6. The zero-order valence-electron chi connectivity index (χ0n) is 22.6. The van der Waals surface area contributed by atoms with Crippen LogP contribution in [-0.4, -0.2) is 113 Å². The molecule has 2 heterocycles. The van der Waals surface area contributed by atoms with Gasteiger partial charge in [0, 0.05) is 17.7 Å². The summed E-state index contributed by atoms with van der Waals surface area (Å²) in [5.74, 6) is -3.68. The molecule has 0 spiro atoms. The van der Waals surface area contributed by atoms with Crippen LogP contribution in [0.2, 0.25) is 0 Å². The predicted octanol–water partition coefficient (Wildman–Crippen LogP) is -1.02. The summed E-state index contributed by atoms with van der Waals surface area (Å²) in [6, 6.07) is 5.30. The zero-order valence-corrected chi connectivity index (χ0v) is 22.6. The lowest BCUT2D eigenvalue weighted by molar-refractivity contribution is -0.285. The zero-order chi connectivity index (χ0) is 31.3. The van der Waals surface area contributed by atoms with E-state index in [0.717, 1.165) is 24.3 Å². The fraction of sp³-hybridized carbons (Fsp3) is 0.464. The van der Waals surface area contributed by atoms with E-state index < -0.39 is 107 Å². The van der Waals surface area contributed by atoms with Gasteiger partial charge in [-0.3, -0.25) is 4.79 Å². The molecule has 43 heavy (non-hydrogen) atoms. The van der Waals surface area contributed by atoms with Gasteiger partial charge in [0.15, 0.2) is 17.3 Å². The third kappa shape index (κ3) is 5.69. The largest absolute Gasteiger partial charge is 0.508 e. The number of aliphatic hydroxyl groups is 6. The Balaban J connectivity index is 1.48. The number of ether oxygens (including phenoxy) is 3. The summed E-state index contributed by atoms with van der Waals surface area (Å²) in [5.41, 5.74) is -1.30. The molecule has 0 radical (unpaired) electrons. The quantitative estimate of drug-likeness (QED) is 0.150. The average Bonchev–Trinajstić information content (AvgIpc) is 2.96. The second-order valence-corrected chi connectivity index (χ2v) is 10.8. The standard InChI is InChI=1S/C28H32O15/c1-9-4-16(20(34)23(37)19(9)33)40-8-17-21(35)24(38)25(39)28(42-17)43-27-22(36)18-14(32)6-11(29)7-15(18)41-26(27)10-2-3-12(30)13(31)5-10/h2-3,5-7,9,16-17,19-21,23-25,28-35,37-39H,4,8H2,1H3/t9-,16-,17-,19+,20+,21-,23-,24+,25-,28+/m1/s1. The number of hydrogen-bond acceptors (Lipinski definition) is 15. The van der Waals surface area contributed by atoms with Crippen molar-refractivity contribution in [3.05, 3.63) is 40.6 Å². The molecule has 2 fully saturated rings. The minimum absolute atomic E-state index is 0.0148. The van der Waals surface area contributed by atoms with Crippen molar-refractivity contribution in [1.82, 2.24) is 0 Å². The van der Waals surface area contributed by atoms with Crippen molar-refractivity contribution in [1.29, 1.82) is 0 Å². The van der Waals surface area contributed by atoms with Crippen molar-refractivity contribution in [3.63, 3.8) is 0 Å². The van der Waals surface area contributed by atoms with Gasteiger partial charge in [0.25, 0.3) is 0 Å². The maximum absolute atomic E-state index is 13.6. The molecule has 1 aliphatic heterocycles. The lowest BCUT2D eigenvalue weighted by Crippen LogP contribution is -2.61. The van der Waals surface area contributed by atoms with Crippen molar-refractivity contribution in [2.24, 2.45) is 5.92 Å². The molecule has 15 nitrogen and oxygen atoms in total. The van der Waals surface area contributed by atoms with Gasteiger partial charge in [0.2, 0.25) is 17.5 Å². The highest BCUT2D eigenvalue weighted by molar-refractivity contribution is 5.88. The number of fused-ring (bicyclic) bond motifs is 1. The Bertz CT molecular complexity index is 1540. The number of phenolic OH excluding ortho intramolecular Hbond substituents is 4. The second kappa shape index (κ2) is 11.8. The molecule has 2 aromatic carbocycles. The first kappa shape index (κ1) is 30.8. The van der Waals surface area contributed by atoms with E-state index in [2.05, 4.69) is 0 Å². The lowest BCUT2D eigenvalue weighted by atomic mass is 9.82. The molecule has 1 saturated carbocycles. The third-order valence-corrected chi connectivity index (χ3v) is 7.80. The molecule has 234 valence electrons. The summed E-state index contributed by atoms with van der Waals surface area (Å²) in [5, 5.41) is 102. The molecule has 10 N–H and O–H groups in total. The highest BCUT2D eigenvalue weighted by Gasteiger charge is 2.47. The summed E-state index contributed by atoms with van der Waals surface area (Å²) in [7, 11) is 0. The fourth-order valence-corrected chi connectivity index (χ4v) is 5.29. The molecule has 1 aromatic heterocycles. The molecule has 3 aromatic rings. The van der Waals surface area contributed by atoms with Crippen LogP contribution in [0.4, 0.5) is 0 Å². The molecule has 0 bridgehead atoms. The number of benzene rings is 2. The van der Waals surface area contributed by atoms with E-state index >= 15 is 0 Å². The van der Waals surface area contributed by atoms with Crippen LogP contribution in [-0.2, 0) is 9.47 Å². The van der Waals surface area contributed by atoms with Crippen LogP contribution in [0.5, 0.6) is 28.7 Å². The van der Waals surface area contributed by atoms with Gasteiger partial charge in [-0.15, -0.1) is 0 Å². The van der Waals surface area contributed by atoms with Gasteiger partial charge >= 0.3 is 0 Å². The maximum atomic E-state index is 13.6. The van der Waals surface area contributed by atoms with Crippen LogP contribution in [0.15, 0.2) is 39.5 Å². The highest BCUT2D eigenvalue weighted by atomic mass is 16.7. The predicted molar refractivity (Wildman–Crippen MR) is 143 cm³/mol. The molecule has 15 heteroatoms. The minimum atomic E-state index is -1.94. The van der Waals surface area contributed by atoms with E-state index in [1.54, 1.807) is 6.92 Å². The highest BCUT2D eigenvalue weighted by Crippen LogP contribution is 2.39. The summed E-state index contributed by atoms with van der Waals surface area (Å²) in [6.07, 6.45) is -13.7. The molecule has 2 aliphatic rings. The summed E-state index contributed by atoms with van der Waals surface area (Å²) < 4.78 is 22.8. The molecule has 10 atom stereocenters. The van der Waals surface area contributed by atoms with Gasteiger partial charge in [-0.25, -0.2) is 0 Å². The van der Waals surface area contributed by atoms with E-state index in [4.69, 9.17) is 18.6 Å². The Morgan fingerprint density at radius 2 is 1.51 bits per heavy atom. The Labute approximate surface area is 242 Å². The summed E-state index contributed by atoms with van der Waals surface area (Å²) in [6.45, 7) is 1.17. The van der Waals surface area contributed by atoms with Crippen LogP contribution in [0, 0.1) is 5.92 Å². The number of aliphatic hydroxyl groups excluding tert-OH is 6. The molecular formula is C28H32O15. The van der Waals surface area contributed by atoms with Crippen molar-refractivity contribution >= 4 is 11.0 Å². The van der Waals surface area contributed by atoms with E-state index in [9.17, 15) is 55.9 Å². The van der Waals surface area contributed by atoms with Crippen LogP contribution in [0.1, 0.15) is 13.3 Å². The van der Waals surface area contributed by atoms with Crippen LogP contribution in [0.25, 0.3) is 22.3 Å². The Kier molecular flexibility index (Phi) is 8.43. The first-order chi connectivity index (χ1) is 20.3. The fourth-order valence-electron chi connectivity index (χ4n) is 5.29. The molecule has 0 unspecified atom stereocenters. The monoisotopic (exact) mass is 608 g/mol. The summed E-state index contributed by atoms with van der Waals surface area (Å²) in [4.78, 5) is 13.6. The van der Waals surface area contributed by atoms with Gasteiger partial charge < -0.3 is 69.7 Å². The first-order valence-corrected chi connectivity index (χ1v) is 13.4. The summed E-state index contributed by atoms with van der Waals surface area (Å²) >= 11 is 0. The number of aromatic hydroxyl groups is 4. The van der Waals surface area contributed by atoms with Gasteiger partial charge in [0.05, 0.1) is 18.8 Å². The molecule has 1 saturated heterocycles. The van der Waals surface area contributed by atoms with E-state index in [0.29, 0.717) is 0 Å². The van der Waals surface area contributed by atoms with Crippen molar-refractivity contribution in [3.8, 4) is 40.1 Å². The second-order valence-electron chi connectivity index (χ2n) is 10.8. The van der Waals surface area contributed by atoms with Crippen molar-refractivity contribution in [2.45, 2.75) is 68.5 Å². The lowest BCUT2D eigenvalue weighted by Gasteiger charge is -2.42. The van der Waals surface area contributed by atoms with E-state index in [1.807, 2.05) is 0 Å². The van der Waals surface area contributed by atoms with E-state index in [1.165, 1.54) is 6.07 Å². The van der Waals surface area contributed by atoms with Crippen molar-refractivity contribution < 1.29 is 69.7 Å². The third-order valence-electron chi connectivity index (χ3n) is 7.80. The molecule has 1 aliphatic carbocycles. The first-order valence-electron chi connectivity index (χ1n) is 13.4. The van der Waals surface area contributed by atoms with Gasteiger partial charge in [-0.2, -0.15) is 0 Å². The molecular weight excluding hydrogens is 576 g/mol. The molecule has 5 rings (SSSR count). The average molecular weight is 609 g/mol. The number of phenols is 4. The Hall–Kier alpha value is -3.67. The topological polar surface area (TPSA) is 260 Å². The smallest absolute Gasteiger partial charge is 0.239 e. The van der Waals surface area contributed by atoms with E-state index in [-0.39, 0.29) is 23.3 Å². The SMILES string of the molecule is C[C@@H]1C[C@@H](OC[C@H]2O[C@@H](Oc3c(-c4ccc(O)c(O)c4)oc4cc(O)cc(O)c4c3=O)[C@H](O)[C@@H](O)[C@@H]2O)[C@H](O)[C@H](O)[C@H]1O. The van der Waals surface area contributed by atoms with Crippen LogP contribution < -0.4 is 10.2 Å². The van der Waals surface area contributed by atoms with Crippen molar-refractivity contribution in [2.75, 3.05) is 6.61 Å². The van der Waals surface area contributed by atoms with Gasteiger partial charge in [-0.1, -0.05) is 6.92 Å². The Morgan fingerprint density at radius 1 is 0.814 bits per heavy atom. The van der Waals surface area contributed by atoms with Crippen LogP contribution >= 0.6 is 0 Å². The minimum Gasteiger partial charge on any atom is -0.508 e. The molecule has 0 amide bonds. The maximum Gasteiger partial charge on any atom is 0.239 e. The van der Waals surface area contributed by atoms with Gasteiger partial charge in [-0.05, 0) is 30.5 Å². The normalized spacial score (nSPS) is 33.0. The van der Waals surface area contributed by atoms with Gasteiger partial charge in [0.1, 0.15) is 59.1 Å².